The number of nitrogens with one attached hydrogen (secondary N) is 3. The first-order chi connectivity index (χ1) is 17.5. The molecule has 37 heavy (non-hydrogen) atoms. The molecule has 0 bridgehead atoms. The van der Waals surface area contributed by atoms with Gasteiger partial charge in [-0.25, -0.2) is 20.4 Å². The van der Waals surface area contributed by atoms with E-state index in [4.69, 9.17) is 4.74 Å². The maximum absolute atomic E-state index is 13.3. The van der Waals surface area contributed by atoms with Crippen LogP contribution in [0.1, 0.15) is 39.3 Å². The summed E-state index contributed by atoms with van der Waals surface area (Å²) in [4.78, 5) is 17.1. The number of alkyl halides is 3. The molecule has 2 heterocycles. The van der Waals surface area contributed by atoms with Crippen molar-refractivity contribution in [3.8, 4) is 22.9 Å². The molecule has 2 aromatic heterocycles. The monoisotopic (exact) mass is 515 g/mol. The van der Waals surface area contributed by atoms with Gasteiger partial charge < -0.3 is 14.8 Å². The number of allylic oxidation sites excluding steroid dienone is 1. The zero-order chi connectivity index (χ0) is 26.6. The van der Waals surface area contributed by atoms with Crippen molar-refractivity contribution in [3.63, 3.8) is 0 Å². The fourth-order valence-electron chi connectivity index (χ4n) is 3.33. The summed E-state index contributed by atoms with van der Waals surface area (Å²) in [6, 6.07) is 6.46. The number of nitrogens with zero attached hydrogens (tertiary/aromatic N) is 4. The van der Waals surface area contributed by atoms with Crippen LogP contribution in [0, 0.1) is 0 Å². The Morgan fingerprint density at radius 2 is 1.92 bits per heavy atom. The topological polar surface area (TPSA) is 106 Å². The van der Waals surface area contributed by atoms with E-state index in [2.05, 4.69) is 47.4 Å². The number of halogens is 3. The fourth-order valence-corrected chi connectivity index (χ4v) is 3.33. The third-order valence-corrected chi connectivity index (χ3v) is 5.71. The first-order valence-electron chi connectivity index (χ1n) is 11.7. The van der Waals surface area contributed by atoms with E-state index in [0.29, 0.717) is 41.2 Å². The largest absolute Gasteiger partial charge is 0.573 e. The summed E-state index contributed by atoms with van der Waals surface area (Å²) in [5.41, 5.74) is 7.16. The SMILES string of the molecule is C=C(Nc1ccc(-c2cncc(OCC)n2)cc1OC(F)(F)F)C(C)(C)c1ccnc(NNC2CC2)n1. The predicted molar refractivity (Wildman–Crippen MR) is 133 cm³/mol. The zero-order valence-corrected chi connectivity index (χ0v) is 20.7. The second-order valence-corrected chi connectivity index (χ2v) is 8.97. The smallest absolute Gasteiger partial charge is 0.477 e. The van der Waals surface area contributed by atoms with Crippen LogP contribution < -0.4 is 25.6 Å². The van der Waals surface area contributed by atoms with E-state index < -0.39 is 17.5 Å². The second kappa shape index (κ2) is 10.6. The van der Waals surface area contributed by atoms with Crippen molar-refractivity contribution in [3.05, 3.63) is 60.8 Å². The van der Waals surface area contributed by atoms with Crippen molar-refractivity contribution in [2.45, 2.75) is 51.4 Å². The second-order valence-electron chi connectivity index (χ2n) is 8.97. The number of ether oxygens (including phenoxy) is 2. The van der Waals surface area contributed by atoms with Crippen LogP contribution in [0.2, 0.25) is 0 Å². The van der Waals surface area contributed by atoms with Crippen LogP contribution in [-0.4, -0.2) is 38.9 Å². The summed E-state index contributed by atoms with van der Waals surface area (Å²) < 4.78 is 49.5. The van der Waals surface area contributed by atoms with Crippen LogP contribution >= 0.6 is 0 Å². The van der Waals surface area contributed by atoms with E-state index in [1.165, 1.54) is 24.5 Å². The molecule has 0 saturated heterocycles. The molecule has 0 amide bonds. The van der Waals surface area contributed by atoms with Gasteiger partial charge in [0.2, 0.25) is 11.8 Å². The third kappa shape index (κ3) is 6.85. The molecule has 0 aliphatic heterocycles. The lowest BCUT2D eigenvalue weighted by atomic mass is 9.85. The minimum Gasteiger partial charge on any atom is -0.477 e. The third-order valence-electron chi connectivity index (χ3n) is 5.71. The molecule has 196 valence electrons. The average Bonchev–Trinajstić information content (AvgIpc) is 3.68. The van der Waals surface area contributed by atoms with E-state index in [1.807, 2.05) is 13.8 Å². The number of benzene rings is 1. The quantitative estimate of drug-likeness (QED) is 0.297. The van der Waals surface area contributed by atoms with E-state index in [0.717, 1.165) is 12.8 Å². The van der Waals surface area contributed by atoms with Crippen molar-refractivity contribution in [1.82, 2.24) is 25.4 Å². The van der Waals surface area contributed by atoms with Gasteiger partial charge in [-0.1, -0.05) is 12.6 Å². The molecule has 0 atom stereocenters. The maximum atomic E-state index is 13.3. The van der Waals surface area contributed by atoms with Gasteiger partial charge in [-0.15, -0.1) is 13.2 Å². The minimum absolute atomic E-state index is 0.0795. The van der Waals surface area contributed by atoms with Gasteiger partial charge in [-0.05, 0) is 51.8 Å². The van der Waals surface area contributed by atoms with Gasteiger partial charge in [-0.2, -0.15) is 0 Å². The molecule has 1 aliphatic carbocycles. The average molecular weight is 516 g/mol. The summed E-state index contributed by atoms with van der Waals surface area (Å²) in [5.74, 6) is 0.219. The summed E-state index contributed by atoms with van der Waals surface area (Å²) in [7, 11) is 0. The van der Waals surface area contributed by atoms with Crippen LogP contribution in [0.25, 0.3) is 11.3 Å². The lowest BCUT2D eigenvalue weighted by molar-refractivity contribution is -0.274. The van der Waals surface area contributed by atoms with Gasteiger partial charge in [0.1, 0.15) is 0 Å². The highest BCUT2D eigenvalue weighted by Crippen LogP contribution is 2.38. The van der Waals surface area contributed by atoms with Crippen molar-refractivity contribution in [2.24, 2.45) is 0 Å². The standard InChI is InChI=1S/C25H28F3N7O2/c1-5-36-22-14-29-13-19(32-22)16-6-9-18(20(12-16)37-25(26,27)28)31-15(2)24(3,4)21-10-11-30-23(33-21)35-34-17-7-8-17/h6,9-14,17,31,34H,2,5,7-8H2,1,3-4H3,(H,30,33,35). The number of anilines is 2. The molecule has 0 unspecified atom stereocenters. The van der Waals surface area contributed by atoms with Crippen molar-refractivity contribution < 1.29 is 22.6 Å². The molecule has 0 radical (unpaired) electrons. The van der Waals surface area contributed by atoms with E-state index in [9.17, 15) is 13.2 Å². The van der Waals surface area contributed by atoms with Gasteiger partial charge in [-0.3, -0.25) is 10.4 Å². The van der Waals surface area contributed by atoms with Crippen LogP contribution in [0.3, 0.4) is 0 Å². The normalized spacial score (nSPS) is 13.7. The summed E-state index contributed by atoms with van der Waals surface area (Å²) in [6.07, 6.45) is 1.74. The Morgan fingerprint density at radius 1 is 1.14 bits per heavy atom. The highest BCUT2D eigenvalue weighted by molar-refractivity contribution is 5.70. The first-order valence-corrected chi connectivity index (χ1v) is 11.7. The molecule has 1 aromatic carbocycles. The van der Waals surface area contributed by atoms with Crippen LogP contribution in [0.15, 0.2) is 55.1 Å². The molecule has 3 aromatic rings. The van der Waals surface area contributed by atoms with Gasteiger partial charge in [0.05, 0.1) is 36.1 Å². The Morgan fingerprint density at radius 3 is 2.62 bits per heavy atom. The molecular formula is C25H28F3N7O2. The number of rotatable bonds is 11. The first kappa shape index (κ1) is 26.1. The molecule has 0 spiro atoms. The van der Waals surface area contributed by atoms with Crippen LogP contribution in [0.5, 0.6) is 11.6 Å². The molecule has 3 N–H and O–H groups in total. The Hall–Kier alpha value is -3.93. The molecule has 1 fully saturated rings. The Labute approximate surface area is 212 Å². The van der Waals surface area contributed by atoms with E-state index >= 15 is 0 Å². The summed E-state index contributed by atoms with van der Waals surface area (Å²) in [5, 5.41) is 2.99. The number of hydrazine groups is 1. The molecular weight excluding hydrogens is 487 g/mol. The lowest BCUT2D eigenvalue weighted by Crippen LogP contribution is -2.29. The van der Waals surface area contributed by atoms with Gasteiger partial charge in [0.15, 0.2) is 5.75 Å². The summed E-state index contributed by atoms with van der Waals surface area (Å²) in [6.45, 7) is 9.96. The van der Waals surface area contributed by atoms with Crippen molar-refractivity contribution in [2.75, 3.05) is 17.3 Å². The summed E-state index contributed by atoms with van der Waals surface area (Å²) >= 11 is 0. The zero-order valence-electron chi connectivity index (χ0n) is 20.7. The molecule has 4 rings (SSSR count). The van der Waals surface area contributed by atoms with E-state index in [1.54, 1.807) is 25.3 Å². The van der Waals surface area contributed by atoms with Crippen molar-refractivity contribution >= 4 is 11.6 Å². The van der Waals surface area contributed by atoms with Crippen LogP contribution in [-0.2, 0) is 5.41 Å². The molecule has 12 heteroatoms. The fraction of sp³-hybridized carbons (Fsp3) is 0.360. The maximum Gasteiger partial charge on any atom is 0.573 e. The van der Waals surface area contributed by atoms with Gasteiger partial charge in [0, 0.05) is 28.9 Å². The molecule has 1 aliphatic rings. The molecule has 1 saturated carbocycles. The Balaban J connectivity index is 1.58. The Bertz CT molecular complexity index is 1260. The highest BCUT2D eigenvalue weighted by Gasteiger charge is 2.33. The van der Waals surface area contributed by atoms with E-state index in [-0.39, 0.29) is 11.6 Å². The Kier molecular flexibility index (Phi) is 7.48. The van der Waals surface area contributed by atoms with Crippen LogP contribution in [0.4, 0.5) is 24.8 Å². The molecule has 9 nitrogen and oxygen atoms in total. The number of aromatic nitrogens is 4. The van der Waals surface area contributed by atoms with Gasteiger partial charge >= 0.3 is 6.36 Å². The minimum atomic E-state index is -4.91. The van der Waals surface area contributed by atoms with Crippen molar-refractivity contribution in [1.29, 1.82) is 0 Å². The number of hydrogen-bond acceptors (Lipinski definition) is 9. The predicted octanol–water partition coefficient (Wildman–Crippen LogP) is 5.21. The van der Waals surface area contributed by atoms with Gasteiger partial charge in [0.25, 0.3) is 0 Å². The number of hydrogen-bond donors (Lipinski definition) is 3. The highest BCUT2D eigenvalue weighted by atomic mass is 19.4. The lowest BCUT2D eigenvalue weighted by Gasteiger charge is -2.29.